The monoisotopic (exact) mass is 330 g/mol. The summed E-state index contributed by atoms with van der Waals surface area (Å²) in [6.07, 6.45) is 14.7. The first-order chi connectivity index (χ1) is 11.7. The molecule has 5 heteroatoms. The highest BCUT2D eigenvalue weighted by Crippen LogP contribution is 2.44. The van der Waals surface area contributed by atoms with Gasteiger partial charge in [0.05, 0.1) is 11.4 Å². The van der Waals surface area contributed by atoms with Crippen molar-refractivity contribution >= 4 is 6.03 Å². The molecular weight excluding hydrogens is 300 g/mol. The molecule has 2 aliphatic rings. The minimum Gasteiger partial charge on any atom is -0.338 e. The Morgan fingerprint density at radius 1 is 1.08 bits per heavy atom. The van der Waals surface area contributed by atoms with Crippen LogP contribution in [0.15, 0.2) is 12.4 Å². The van der Waals surface area contributed by atoms with Crippen molar-refractivity contribution < 1.29 is 4.79 Å². The van der Waals surface area contributed by atoms with E-state index in [1.54, 1.807) is 12.4 Å². The predicted molar refractivity (Wildman–Crippen MR) is 94.8 cm³/mol. The van der Waals surface area contributed by atoms with Crippen LogP contribution in [0.5, 0.6) is 0 Å². The van der Waals surface area contributed by atoms with E-state index < -0.39 is 0 Å². The molecule has 24 heavy (non-hydrogen) atoms. The van der Waals surface area contributed by atoms with Gasteiger partial charge in [-0.3, -0.25) is 9.97 Å². The standard InChI is InChI=1S/C19H30N4O/c1-16-17(21-13-12-20-16)6-11-22-18(24)23-14-5-9-19(10-15-23)7-3-2-4-8-19/h12-13H,2-11,14-15H2,1H3,(H,22,24). The lowest BCUT2D eigenvalue weighted by Crippen LogP contribution is -2.41. The van der Waals surface area contributed by atoms with Gasteiger partial charge < -0.3 is 10.2 Å². The zero-order valence-electron chi connectivity index (χ0n) is 14.9. The molecule has 2 fully saturated rings. The van der Waals surface area contributed by atoms with Crippen LogP contribution in [0.25, 0.3) is 0 Å². The molecule has 0 unspecified atom stereocenters. The molecule has 1 aromatic heterocycles. The molecule has 1 saturated heterocycles. The highest BCUT2D eigenvalue weighted by atomic mass is 16.2. The Hall–Kier alpha value is -1.65. The first-order valence-corrected chi connectivity index (χ1v) is 9.48. The molecule has 1 aliphatic heterocycles. The van der Waals surface area contributed by atoms with E-state index in [2.05, 4.69) is 15.3 Å². The zero-order chi connectivity index (χ0) is 16.8. The SMILES string of the molecule is Cc1nccnc1CCNC(=O)N1CCCC2(CCCCC2)CC1. The molecule has 1 aromatic rings. The number of urea groups is 1. The molecule has 1 spiro atoms. The Bertz CT molecular complexity index is 554. The number of nitrogens with zero attached hydrogens (tertiary/aromatic N) is 3. The van der Waals surface area contributed by atoms with Crippen LogP contribution in [-0.2, 0) is 6.42 Å². The third-order valence-electron chi connectivity index (χ3n) is 5.87. The van der Waals surface area contributed by atoms with Gasteiger partial charge >= 0.3 is 6.03 Å². The minimum atomic E-state index is 0.0874. The van der Waals surface area contributed by atoms with Gasteiger partial charge in [0.15, 0.2) is 0 Å². The van der Waals surface area contributed by atoms with Crippen molar-refractivity contribution in [2.45, 2.75) is 64.7 Å². The minimum absolute atomic E-state index is 0.0874. The predicted octanol–water partition coefficient (Wildman–Crippen LogP) is 3.47. The van der Waals surface area contributed by atoms with Gasteiger partial charge in [0.1, 0.15) is 0 Å². The van der Waals surface area contributed by atoms with Crippen LogP contribution in [0.2, 0.25) is 0 Å². The maximum absolute atomic E-state index is 12.5. The Labute approximate surface area is 145 Å². The first kappa shape index (κ1) is 17.2. The molecule has 132 valence electrons. The van der Waals surface area contributed by atoms with E-state index in [0.29, 0.717) is 12.0 Å². The van der Waals surface area contributed by atoms with Crippen molar-refractivity contribution in [3.63, 3.8) is 0 Å². The number of carbonyl (C=O) groups is 1. The summed E-state index contributed by atoms with van der Waals surface area (Å²) in [7, 11) is 0. The lowest BCUT2D eigenvalue weighted by Gasteiger charge is -2.36. The van der Waals surface area contributed by atoms with Crippen LogP contribution in [0, 0.1) is 12.3 Å². The van der Waals surface area contributed by atoms with Crippen LogP contribution >= 0.6 is 0 Å². The van der Waals surface area contributed by atoms with Crippen molar-refractivity contribution in [2.75, 3.05) is 19.6 Å². The second kappa shape index (κ2) is 7.95. The number of hydrogen-bond acceptors (Lipinski definition) is 3. The number of aromatic nitrogens is 2. The molecular formula is C19H30N4O. The molecule has 3 rings (SSSR count). The van der Waals surface area contributed by atoms with Crippen molar-refractivity contribution in [1.29, 1.82) is 0 Å². The number of rotatable bonds is 3. The number of likely N-dealkylation sites (tertiary alicyclic amines) is 1. The molecule has 0 radical (unpaired) electrons. The smallest absolute Gasteiger partial charge is 0.317 e. The van der Waals surface area contributed by atoms with Crippen molar-refractivity contribution in [2.24, 2.45) is 5.41 Å². The van der Waals surface area contributed by atoms with Crippen LogP contribution in [0.1, 0.15) is 62.8 Å². The van der Waals surface area contributed by atoms with E-state index >= 15 is 0 Å². The van der Waals surface area contributed by atoms with Crippen molar-refractivity contribution in [3.05, 3.63) is 23.8 Å². The normalized spacial score (nSPS) is 20.6. The third-order valence-corrected chi connectivity index (χ3v) is 5.87. The number of carbonyl (C=O) groups excluding carboxylic acids is 1. The van der Waals surface area contributed by atoms with E-state index in [-0.39, 0.29) is 6.03 Å². The van der Waals surface area contributed by atoms with Crippen LogP contribution in [-0.4, -0.2) is 40.5 Å². The Morgan fingerprint density at radius 3 is 2.62 bits per heavy atom. The van der Waals surface area contributed by atoms with Gasteiger partial charge in [-0.05, 0) is 44.4 Å². The summed E-state index contributed by atoms with van der Waals surface area (Å²) in [6.45, 7) is 4.40. The summed E-state index contributed by atoms with van der Waals surface area (Å²) in [4.78, 5) is 23.1. The molecule has 5 nitrogen and oxygen atoms in total. The fourth-order valence-electron chi connectivity index (χ4n) is 4.34. The maximum Gasteiger partial charge on any atom is 0.317 e. The van der Waals surface area contributed by atoms with Gasteiger partial charge in [-0.1, -0.05) is 19.3 Å². The highest BCUT2D eigenvalue weighted by molar-refractivity contribution is 5.74. The van der Waals surface area contributed by atoms with E-state index in [9.17, 15) is 4.79 Å². The Morgan fingerprint density at radius 2 is 1.83 bits per heavy atom. The lowest BCUT2D eigenvalue weighted by molar-refractivity contribution is 0.157. The van der Waals surface area contributed by atoms with Gasteiger partial charge in [-0.2, -0.15) is 0 Å². The fraction of sp³-hybridized carbons (Fsp3) is 0.737. The summed E-state index contributed by atoms with van der Waals surface area (Å²) in [6, 6.07) is 0.0874. The van der Waals surface area contributed by atoms with E-state index in [4.69, 9.17) is 0 Å². The Balaban J connectivity index is 1.46. The summed E-state index contributed by atoms with van der Waals surface area (Å²) in [5.74, 6) is 0. The van der Waals surface area contributed by atoms with Gasteiger partial charge in [0, 0.05) is 38.4 Å². The van der Waals surface area contributed by atoms with E-state index in [0.717, 1.165) is 37.3 Å². The van der Waals surface area contributed by atoms with Crippen molar-refractivity contribution in [1.82, 2.24) is 20.2 Å². The molecule has 2 heterocycles. The molecule has 1 N–H and O–H groups in total. The van der Waals surface area contributed by atoms with Crippen LogP contribution < -0.4 is 5.32 Å². The molecule has 1 aliphatic carbocycles. The summed E-state index contributed by atoms with van der Waals surface area (Å²) >= 11 is 0. The highest BCUT2D eigenvalue weighted by Gasteiger charge is 2.34. The van der Waals surface area contributed by atoms with Gasteiger partial charge in [-0.15, -0.1) is 0 Å². The van der Waals surface area contributed by atoms with Gasteiger partial charge in [0.25, 0.3) is 0 Å². The van der Waals surface area contributed by atoms with E-state index in [1.807, 2.05) is 11.8 Å². The average molecular weight is 330 g/mol. The third kappa shape index (κ3) is 4.25. The topological polar surface area (TPSA) is 58.1 Å². The molecule has 2 amide bonds. The van der Waals surface area contributed by atoms with Crippen LogP contribution in [0.3, 0.4) is 0 Å². The molecule has 1 saturated carbocycles. The second-order valence-electron chi connectivity index (χ2n) is 7.47. The fourth-order valence-corrected chi connectivity index (χ4v) is 4.34. The maximum atomic E-state index is 12.5. The lowest BCUT2D eigenvalue weighted by atomic mass is 9.69. The Kier molecular flexibility index (Phi) is 5.69. The van der Waals surface area contributed by atoms with Gasteiger partial charge in [0.2, 0.25) is 0 Å². The number of amides is 2. The number of hydrogen-bond donors (Lipinski definition) is 1. The molecule has 0 aromatic carbocycles. The number of nitrogens with one attached hydrogen (secondary N) is 1. The number of aryl methyl sites for hydroxylation is 1. The van der Waals surface area contributed by atoms with Gasteiger partial charge in [-0.25, -0.2) is 4.79 Å². The molecule has 0 bridgehead atoms. The second-order valence-corrected chi connectivity index (χ2v) is 7.47. The zero-order valence-corrected chi connectivity index (χ0v) is 14.9. The largest absolute Gasteiger partial charge is 0.338 e. The van der Waals surface area contributed by atoms with E-state index in [1.165, 1.54) is 44.9 Å². The summed E-state index contributed by atoms with van der Waals surface area (Å²) < 4.78 is 0. The quantitative estimate of drug-likeness (QED) is 0.923. The summed E-state index contributed by atoms with van der Waals surface area (Å²) in [5, 5.41) is 3.07. The molecule has 0 atom stereocenters. The van der Waals surface area contributed by atoms with Crippen molar-refractivity contribution in [3.8, 4) is 0 Å². The average Bonchev–Trinajstić information content (AvgIpc) is 2.80. The van der Waals surface area contributed by atoms with Crippen LogP contribution in [0.4, 0.5) is 4.79 Å². The first-order valence-electron chi connectivity index (χ1n) is 9.48. The summed E-state index contributed by atoms with van der Waals surface area (Å²) in [5.41, 5.74) is 2.44.